The van der Waals surface area contributed by atoms with Crippen LogP contribution in [0.1, 0.15) is 51.9 Å². The third-order valence-corrected chi connectivity index (χ3v) is 6.87. The zero-order valence-corrected chi connectivity index (χ0v) is 24.9. The SMILES string of the molecule is CCOc1ccc2nc(N(CCN(CC)CC)C(=O)c3cc(OCC)c(OCC)c(OCC)c3)sc2c1.Cl. The van der Waals surface area contributed by atoms with Crippen LogP contribution in [0.3, 0.4) is 0 Å². The Labute approximate surface area is 236 Å². The van der Waals surface area contributed by atoms with Gasteiger partial charge >= 0.3 is 0 Å². The molecule has 3 aromatic rings. The average molecular weight is 566 g/mol. The molecular formula is C28H40ClN3O5S. The highest BCUT2D eigenvalue weighted by Gasteiger charge is 2.25. The van der Waals surface area contributed by atoms with Crippen LogP contribution in [0.5, 0.6) is 23.0 Å². The van der Waals surface area contributed by atoms with E-state index in [-0.39, 0.29) is 18.3 Å². The minimum absolute atomic E-state index is 0. The first kappa shape index (κ1) is 31.5. The Morgan fingerprint density at radius 3 is 1.97 bits per heavy atom. The Hall–Kier alpha value is -2.75. The van der Waals surface area contributed by atoms with E-state index in [0.717, 1.165) is 35.6 Å². The molecule has 0 radical (unpaired) electrons. The summed E-state index contributed by atoms with van der Waals surface area (Å²) < 4.78 is 24.2. The van der Waals surface area contributed by atoms with Gasteiger partial charge in [0.2, 0.25) is 5.75 Å². The van der Waals surface area contributed by atoms with Crippen molar-refractivity contribution >= 4 is 45.0 Å². The van der Waals surface area contributed by atoms with Gasteiger partial charge in [-0.25, -0.2) is 4.98 Å². The maximum atomic E-state index is 14.1. The largest absolute Gasteiger partial charge is 0.494 e. The summed E-state index contributed by atoms with van der Waals surface area (Å²) in [6, 6.07) is 9.30. The van der Waals surface area contributed by atoms with Gasteiger partial charge in [-0.3, -0.25) is 9.69 Å². The van der Waals surface area contributed by atoms with Gasteiger partial charge in [-0.2, -0.15) is 0 Å². The summed E-state index contributed by atoms with van der Waals surface area (Å²) in [4.78, 5) is 22.9. The molecule has 1 aromatic heterocycles. The van der Waals surface area contributed by atoms with Gasteiger partial charge in [-0.05, 0) is 71.1 Å². The molecule has 0 N–H and O–H groups in total. The minimum Gasteiger partial charge on any atom is -0.494 e. The molecule has 10 heteroatoms. The number of thiazole rings is 1. The fourth-order valence-electron chi connectivity index (χ4n) is 4.00. The van der Waals surface area contributed by atoms with Gasteiger partial charge < -0.3 is 23.8 Å². The Kier molecular flexibility index (Phi) is 12.9. The van der Waals surface area contributed by atoms with Gasteiger partial charge in [0.05, 0.1) is 36.6 Å². The Bertz CT molecular complexity index is 1140. The number of hydrogen-bond donors (Lipinski definition) is 0. The first-order chi connectivity index (χ1) is 18.0. The van der Waals surface area contributed by atoms with E-state index >= 15 is 0 Å². The number of ether oxygens (including phenoxy) is 4. The molecule has 0 aliphatic heterocycles. The molecule has 0 spiro atoms. The molecule has 0 atom stereocenters. The molecule has 3 rings (SSSR count). The number of nitrogens with zero attached hydrogens (tertiary/aromatic N) is 3. The van der Waals surface area contributed by atoms with Crippen LogP contribution in [0, 0.1) is 0 Å². The fourth-order valence-corrected chi connectivity index (χ4v) is 5.02. The summed E-state index contributed by atoms with van der Waals surface area (Å²) in [5, 5.41) is 0.644. The van der Waals surface area contributed by atoms with E-state index in [4.69, 9.17) is 23.9 Å². The van der Waals surface area contributed by atoms with Crippen molar-refractivity contribution in [2.45, 2.75) is 41.5 Å². The lowest BCUT2D eigenvalue weighted by Gasteiger charge is -2.25. The van der Waals surface area contributed by atoms with Crippen LogP contribution < -0.4 is 23.8 Å². The number of likely N-dealkylation sites (N-methyl/N-ethyl adjacent to an activating group) is 1. The number of hydrogen-bond acceptors (Lipinski definition) is 8. The first-order valence-electron chi connectivity index (χ1n) is 13.1. The normalized spacial score (nSPS) is 10.8. The van der Waals surface area contributed by atoms with Crippen LogP contribution >= 0.6 is 23.7 Å². The molecule has 0 saturated carbocycles. The van der Waals surface area contributed by atoms with Crippen LogP contribution in [0.15, 0.2) is 30.3 Å². The van der Waals surface area contributed by atoms with E-state index in [0.29, 0.717) is 60.9 Å². The molecular weight excluding hydrogens is 526 g/mol. The molecule has 2 aromatic carbocycles. The number of halogens is 1. The molecule has 0 bridgehead atoms. The van der Waals surface area contributed by atoms with Crippen molar-refractivity contribution in [2.75, 3.05) is 57.5 Å². The molecule has 38 heavy (non-hydrogen) atoms. The quantitative estimate of drug-likeness (QED) is 0.214. The lowest BCUT2D eigenvalue weighted by molar-refractivity contribution is 0.0982. The van der Waals surface area contributed by atoms with Gasteiger partial charge in [0.1, 0.15) is 5.75 Å². The smallest absolute Gasteiger partial charge is 0.260 e. The molecule has 1 heterocycles. The van der Waals surface area contributed by atoms with E-state index in [1.165, 1.54) is 11.3 Å². The average Bonchev–Trinajstić information content (AvgIpc) is 3.31. The van der Waals surface area contributed by atoms with Crippen LogP contribution in [-0.2, 0) is 0 Å². The number of rotatable bonds is 15. The second-order valence-electron chi connectivity index (χ2n) is 8.14. The van der Waals surface area contributed by atoms with Crippen molar-refractivity contribution in [3.8, 4) is 23.0 Å². The maximum Gasteiger partial charge on any atom is 0.260 e. The number of carbonyl (C=O) groups excluding carboxylic acids is 1. The van der Waals surface area contributed by atoms with Crippen molar-refractivity contribution in [3.05, 3.63) is 35.9 Å². The van der Waals surface area contributed by atoms with Gasteiger partial charge in [-0.15, -0.1) is 12.4 Å². The highest BCUT2D eigenvalue weighted by Crippen LogP contribution is 2.40. The highest BCUT2D eigenvalue weighted by atomic mass is 35.5. The maximum absolute atomic E-state index is 14.1. The number of carbonyl (C=O) groups is 1. The zero-order valence-electron chi connectivity index (χ0n) is 23.2. The van der Waals surface area contributed by atoms with Crippen molar-refractivity contribution in [3.63, 3.8) is 0 Å². The number of fused-ring (bicyclic) bond motifs is 1. The van der Waals surface area contributed by atoms with E-state index in [2.05, 4.69) is 18.7 Å². The topological polar surface area (TPSA) is 73.4 Å². The number of benzene rings is 2. The van der Waals surface area contributed by atoms with Gasteiger partial charge in [0.25, 0.3) is 5.91 Å². The fraction of sp³-hybridized carbons (Fsp3) is 0.500. The molecule has 8 nitrogen and oxygen atoms in total. The molecule has 210 valence electrons. The van der Waals surface area contributed by atoms with E-state index in [1.807, 2.05) is 45.9 Å². The van der Waals surface area contributed by atoms with E-state index < -0.39 is 0 Å². The summed E-state index contributed by atoms with van der Waals surface area (Å²) in [6.45, 7) is 16.9. The standard InChI is InChI=1S/C28H39N3O5S.ClH/c1-7-30(8-2)15-16-31(28-29-22-14-13-21(33-9-3)19-25(22)37-28)27(32)20-17-23(34-10-4)26(36-12-6)24(18-20)35-11-5;/h13-14,17-19H,7-12,15-16H2,1-6H3;1H. The molecule has 0 unspecified atom stereocenters. The van der Waals surface area contributed by atoms with E-state index in [1.54, 1.807) is 17.0 Å². The molecule has 0 aliphatic rings. The van der Waals surface area contributed by atoms with Crippen LogP contribution in [0.2, 0.25) is 0 Å². The van der Waals surface area contributed by atoms with Gasteiger partial charge in [0.15, 0.2) is 16.6 Å². The third kappa shape index (κ3) is 7.65. The molecule has 0 aliphatic carbocycles. The number of aromatic nitrogens is 1. The summed E-state index contributed by atoms with van der Waals surface area (Å²) in [7, 11) is 0. The summed E-state index contributed by atoms with van der Waals surface area (Å²) >= 11 is 1.48. The van der Waals surface area contributed by atoms with E-state index in [9.17, 15) is 4.79 Å². The second kappa shape index (κ2) is 15.6. The Morgan fingerprint density at radius 1 is 0.816 bits per heavy atom. The lowest BCUT2D eigenvalue weighted by Crippen LogP contribution is -2.38. The predicted molar refractivity (Wildman–Crippen MR) is 157 cm³/mol. The molecule has 1 amide bonds. The summed E-state index contributed by atoms with van der Waals surface area (Å²) in [5.41, 5.74) is 1.30. The van der Waals surface area contributed by atoms with Gasteiger partial charge in [0, 0.05) is 18.7 Å². The minimum atomic E-state index is -0.166. The Balaban J connectivity index is 0.00000507. The Morgan fingerprint density at radius 2 is 1.42 bits per heavy atom. The van der Waals surface area contributed by atoms with Crippen LogP contribution in [0.25, 0.3) is 10.2 Å². The lowest BCUT2D eigenvalue weighted by atomic mass is 10.1. The number of amides is 1. The van der Waals surface area contributed by atoms with Crippen molar-refractivity contribution < 1.29 is 23.7 Å². The summed E-state index contributed by atoms with van der Waals surface area (Å²) in [5.74, 6) is 2.13. The second-order valence-corrected chi connectivity index (χ2v) is 9.15. The van der Waals surface area contributed by atoms with Crippen LogP contribution in [-0.4, -0.2) is 68.4 Å². The molecule has 0 fully saturated rings. The monoisotopic (exact) mass is 565 g/mol. The van der Waals surface area contributed by atoms with Crippen LogP contribution in [0.4, 0.5) is 5.13 Å². The van der Waals surface area contributed by atoms with Crippen molar-refractivity contribution in [2.24, 2.45) is 0 Å². The highest BCUT2D eigenvalue weighted by molar-refractivity contribution is 7.22. The number of anilines is 1. The zero-order chi connectivity index (χ0) is 26.8. The predicted octanol–water partition coefficient (Wildman–Crippen LogP) is 6.30. The van der Waals surface area contributed by atoms with Crippen molar-refractivity contribution in [1.29, 1.82) is 0 Å². The first-order valence-corrected chi connectivity index (χ1v) is 13.9. The summed E-state index contributed by atoms with van der Waals surface area (Å²) in [6.07, 6.45) is 0. The van der Waals surface area contributed by atoms with Crippen molar-refractivity contribution in [1.82, 2.24) is 9.88 Å². The third-order valence-electron chi connectivity index (χ3n) is 5.83. The van der Waals surface area contributed by atoms with Gasteiger partial charge in [-0.1, -0.05) is 25.2 Å². The molecule has 0 saturated heterocycles.